The molecular weight excluding hydrogens is 394 g/mol. The molecule has 0 radical (unpaired) electrons. The molecule has 0 amide bonds. The number of ketones is 1. The van der Waals surface area contributed by atoms with Gasteiger partial charge in [-0.25, -0.2) is 8.42 Å². The fourth-order valence-corrected chi connectivity index (χ4v) is 5.68. The van der Waals surface area contributed by atoms with Gasteiger partial charge in [-0.3, -0.25) is 4.79 Å². The van der Waals surface area contributed by atoms with Gasteiger partial charge >= 0.3 is 0 Å². The fraction of sp³-hybridized carbons (Fsp3) is 0.600. The first-order chi connectivity index (χ1) is 13.3. The van der Waals surface area contributed by atoms with Crippen LogP contribution in [-0.4, -0.2) is 60.7 Å². The van der Waals surface area contributed by atoms with Gasteiger partial charge in [-0.15, -0.1) is 0 Å². The normalized spacial score (nSPS) is 24.0. The lowest BCUT2D eigenvalue weighted by Crippen LogP contribution is -2.55. The highest BCUT2D eigenvalue weighted by Crippen LogP contribution is 2.24. The Balaban J connectivity index is 1.58. The Labute approximate surface area is 173 Å². The zero-order chi connectivity index (χ0) is 20.3. The van der Waals surface area contributed by atoms with Gasteiger partial charge in [0.2, 0.25) is 10.0 Å². The van der Waals surface area contributed by atoms with E-state index >= 15 is 0 Å². The molecule has 154 valence electrons. The van der Waals surface area contributed by atoms with Crippen molar-refractivity contribution in [3.8, 4) is 0 Å². The largest absolute Gasteiger partial charge is 0.360 e. The van der Waals surface area contributed by atoms with Crippen molar-refractivity contribution < 1.29 is 13.2 Å². The van der Waals surface area contributed by atoms with Crippen LogP contribution in [0.1, 0.15) is 49.9 Å². The van der Waals surface area contributed by atoms with Crippen molar-refractivity contribution in [2.75, 3.05) is 26.2 Å². The van der Waals surface area contributed by atoms with E-state index in [0.717, 1.165) is 11.5 Å². The van der Waals surface area contributed by atoms with E-state index in [0.29, 0.717) is 43.7 Å². The Morgan fingerprint density at radius 3 is 2.25 bits per heavy atom. The van der Waals surface area contributed by atoms with E-state index in [2.05, 4.69) is 17.1 Å². The lowest BCUT2D eigenvalue weighted by Gasteiger charge is -2.38. The molecular formula is C20H29N3O3S2. The minimum atomic E-state index is -3.56. The Bertz CT molecular complexity index is 816. The molecule has 8 heteroatoms. The third kappa shape index (κ3) is 4.72. The number of carbonyl (C=O) groups is 1. The Kier molecular flexibility index (Phi) is 6.73. The Morgan fingerprint density at radius 2 is 1.68 bits per heavy atom. The second kappa shape index (κ2) is 8.88. The summed E-state index contributed by atoms with van der Waals surface area (Å²) in [4.78, 5) is 13.7. The lowest BCUT2D eigenvalue weighted by atomic mass is 9.86. The van der Waals surface area contributed by atoms with Gasteiger partial charge in [-0.1, -0.05) is 31.9 Å². The summed E-state index contributed by atoms with van der Waals surface area (Å²) in [5, 5.41) is 4.24. The SMILES string of the molecule is CC(=O)c1ccc(S(=O)(=O)N2CCN(C(=S)N[C@@H]3CCCC[C@H]3C)CC2)cc1. The van der Waals surface area contributed by atoms with Crippen molar-refractivity contribution in [1.82, 2.24) is 14.5 Å². The molecule has 0 spiro atoms. The third-order valence-corrected chi connectivity index (χ3v) is 8.13. The summed E-state index contributed by atoms with van der Waals surface area (Å²) < 4.78 is 27.3. The van der Waals surface area contributed by atoms with Crippen molar-refractivity contribution in [1.29, 1.82) is 0 Å². The number of Topliss-reactive ketones (excluding diaryl/α,β-unsaturated/α-hetero) is 1. The average molecular weight is 424 g/mol. The van der Waals surface area contributed by atoms with E-state index in [4.69, 9.17) is 12.2 Å². The van der Waals surface area contributed by atoms with E-state index in [1.165, 1.54) is 42.6 Å². The zero-order valence-electron chi connectivity index (χ0n) is 16.6. The number of sulfonamides is 1. The molecule has 1 aliphatic carbocycles. The number of hydrogen-bond acceptors (Lipinski definition) is 4. The molecule has 6 nitrogen and oxygen atoms in total. The number of benzene rings is 1. The molecule has 0 aromatic heterocycles. The predicted molar refractivity (Wildman–Crippen MR) is 114 cm³/mol. The van der Waals surface area contributed by atoms with E-state index in [9.17, 15) is 13.2 Å². The summed E-state index contributed by atoms with van der Waals surface area (Å²) in [5.41, 5.74) is 0.511. The number of hydrogen-bond donors (Lipinski definition) is 1. The van der Waals surface area contributed by atoms with Crippen LogP contribution in [0, 0.1) is 5.92 Å². The van der Waals surface area contributed by atoms with Crippen molar-refractivity contribution in [2.24, 2.45) is 5.92 Å². The van der Waals surface area contributed by atoms with Gasteiger partial charge in [0.15, 0.2) is 10.9 Å². The molecule has 0 bridgehead atoms. The quantitative estimate of drug-likeness (QED) is 0.593. The molecule has 1 aromatic rings. The molecule has 2 atom stereocenters. The second-order valence-electron chi connectivity index (χ2n) is 7.79. The summed E-state index contributed by atoms with van der Waals surface area (Å²) in [5.74, 6) is 0.539. The molecule has 1 saturated heterocycles. The maximum atomic E-state index is 12.9. The summed E-state index contributed by atoms with van der Waals surface area (Å²) >= 11 is 5.59. The average Bonchev–Trinajstić information content (AvgIpc) is 2.70. The molecule has 1 saturated carbocycles. The van der Waals surface area contributed by atoms with Gasteiger partial charge in [0, 0.05) is 37.8 Å². The molecule has 2 fully saturated rings. The number of nitrogens with one attached hydrogen (secondary N) is 1. The van der Waals surface area contributed by atoms with Crippen LogP contribution in [0.25, 0.3) is 0 Å². The number of thiocarbonyl (C=S) groups is 1. The first-order valence-electron chi connectivity index (χ1n) is 9.95. The van der Waals surface area contributed by atoms with Gasteiger partial charge in [0.05, 0.1) is 4.90 Å². The molecule has 1 heterocycles. The number of piperazine rings is 1. The number of carbonyl (C=O) groups excluding carboxylic acids is 1. The molecule has 2 aliphatic rings. The molecule has 1 aliphatic heterocycles. The maximum Gasteiger partial charge on any atom is 0.243 e. The predicted octanol–water partition coefficient (Wildman–Crippen LogP) is 2.65. The van der Waals surface area contributed by atoms with Crippen LogP contribution in [0.4, 0.5) is 0 Å². The Morgan fingerprint density at radius 1 is 1.07 bits per heavy atom. The van der Waals surface area contributed by atoms with Crippen LogP contribution in [0.5, 0.6) is 0 Å². The summed E-state index contributed by atoms with van der Waals surface area (Å²) in [6.07, 6.45) is 4.90. The molecule has 1 N–H and O–H groups in total. The Hall–Kier alpha value is -1.51. The van der Waals surface area contributed by atoms with E-state index < -0.39 is 10.0 Å². The van der Waals surface area contributed by atoms with Crippen LogP contribution < -0.4 is 5.32 Å². The summed E-state index contributed by atoms with van der Waals surface area (Å²) in [6.45, 7) is 5.70. The molecule has 1 aromatic carbocycles. The summed E-state index contributed by atoms with van der Waals surface area (Å²) in [6, 6.07) is 6.57. The van der Waals surface area contributed by atoms with Crippen molar-refractivity contribution in [2.45, 2.75) is 50.5 Å². The van der Waals surface area contributed by atoms with Gasteiger partial charge in [0.1, 0.15) is 0 Å². The molecule has 0 unspecified atom stereocenters. The van der Waals surface area contributed by atoms with Crippen LogP contribution in [0.2, 0.25) is 0 Å². The van der Waals surface area contributed by atoms with Crippen molar-refractivity contribution in [3.63, 3.8) is 0 Å². The number of rotatable bonds is 4. The van der Waals surface area contributed by atoms with E-state index in [1.807, 2.05) is 0 Å². The smallest absolute Gasteiger partial charge is 0.243 e. The minimum Gasteiger partial charge on any atom is -0.360 e. The maximum absolute atomic E-state index is 12.9. The van der Waals surface area contributed by atoms with Gasteiger partial charge in [0.25, 0.3) is 0 Å². The van der Waals surface area contributed by atoms with Crippen LogP contribution in [-0.2, 0) is 10.0 Å². The fourth-order valence-electron chi connectivity index (χ4n) is 3.92. The van der Waals surface area contributed by atoms with Gasteiger partial charge in [-0.2, -0.15) is 4.31 Å². The van der Waals surface area contributed by atoms with Crippen molar-refractivity contribution in [3.05, 3.63) is 29.8 Å². The minimum absolute atomic E-state index is 0.0779. The third-order valence-electron chi connectivity index (χ3n) is 5.84. The zero-order valence-corrected chi connectivity index (χ0v) is 18.2. The van der Waals surface area contributed by atoms with Gasteiger partial charge < -0.3 is 10.2 Å². The van der Waals surface area contributed by atoms with Crippen LogP contribution in [0.15, 0.2) is 29.2 Å². The van der Waals surface area contributed by atoms with Crippen LogP contribution in [0.3, 0.4) is 0 Å². The first-order valence-corrected chi connectivity index (χ1v) is 11.8. The van der Waals surface area contributed by atoms with Crippen molar-refractivity contribution >= 4 is 33.1 Å². The molecule has 28 heavy (non-hydrogen) atoms. The molecule has 3 rings (SSSR count). The second-order valence-corrected chi connectivity index (χ2v) is 10.1. The summed E-state index contributed by atoms with van der Waals surface area (Å²) in [7, 11) is -3.56. The van der Waals surface area contributed by atoms with Gasteiger partial charge in [-0.05, 0) is 50.0 Å². The van der Waals surface area contributed by atoms with Crippen LogP contribution >= 0.6 is 12.2 Å². The monoisotopic (exact) mass is 423 g/mol. The lowest BCUT2D eigenvalue weighted by molar-refractivity contribution is 0.101. The highest BCUT2D eigenvalue weighted by Gasteiger charge is 2.30. The topological polar surface area (TPSA) is 69.7 Å². The highest BCUT2D eigenvalue weighted by molar-refractivity contribution is 7.89. The number of nitrogens with zero attached hydrogens (tertiary/aromatic N) is 2. The first kappa shape index (κ1) is 21.2. The standard InChI is InChI=1S/C20H29N3O3S2/c1-15-5-3-4-6-19(15)21-20(27)22-11-13-23(14-12-22)28(25,26)18-9-7-17(8-10-18)16(2)24/h7-10,15,19H,3-6,11-14H2,1-2H3,(H,21,27)/t15-,19-/m1/s1. The highest BCUT2D eigenvalue weighted by atomic mass is 32.2. The van der Waals surface area contributed by atoms with E-state index in [1.54, 1.807) is 12.1 Å². The van der Waals surface area contributed by atoms with E-state index in [-0.39, 0.29) is 10.7 Å².